The van der Waals surface area contributed by atoms with Crippen LogP contribution in [0.15, 0.2) is 18.7 Å². The zero-order valence-corrected chi connectivity index (χ0v) is 8.39. The van der Waals surface area contributed by atoms with Crippen molar-refractivity contribution >= 4 is 11.4 Å². The number of Topliss-reactive ketones (excluding diaryl/α,β-unsaturated/α-hetero) is 1. The van der Waals surface area contributed by atoms with E-state index < -0.39 is 0 Å². The minimum atomic E-state index is -0.0237. The first-order valence-corrected chi connectivity index (χ1v) is 4.56. The van der Waals surface area contributed by atoms with E-state index in [2.05, 4.69) is 6.58 Å². The summed E-state index contributed by atoms with van der Waals surface area (Å²) >= 11 is 0. The monoisotopic (exact) mass is 188 g/mol. The van der Waals surface area contributed by atoms with Crippen molar-refractivity contribution in [3.8, 4) is 5.75 Å². The molecule has 1 aromatic rings. The van der Waals surface area contributed by atoms with Crippen molar-refractivity contribution in [2.75, 3.05) is 6.61 Å². The topological polar surface area (TPSA) is 26.3 Å². The summed E-state index contributed by atoms with van der Waals surface area (Å²) in [5.74, 6) is 0.761. The number of rotatable bonds is 0. The van der Waals surface area contributed by atoms with Gasteiger partial charge in [-0.05, 0) is 31.0 Å². The molecule has 72 valence electrons. The summed E-state index contributed by atoms with van der Waals surface area (Å²) in [6.45, 7) is 7.90. The van der Waals surface area contributed by atoms with Crippen LogP contribution in [0.25, 0.3) is 5.57 Å². The van der Waals surface area contributed by atoms with Gasteiger partial charge in [0.25, 0.3) is 0 Å². The zero-order chi connectivity index (χ0) is 10.3. The van der Waals surface area contributed by atoms with Gasteiger partial charge in [0, 0.05) is 11.1 Å². The van der Waals surface area contributed by atoms with Crippen LogP contribution in [0.1, 0.15) is 16.7 Å². The number of carbonyl (C=O) groups is 1. The van der Waals surface area contributed by atoms with Gasteiger partial charge in [-0.1, -0.05) is 12.6 Å². The maximum absolute atomic E-state index is 11.4. The molecule has 0 atom stereocenters. The van der Waals surface area contributed by atoms with E-state index in [1.165, 1.54) is 0 Å². The highest BCUT2D eigenvalue weighted by Crippen LogP contribution is 2.33. The molecule has 1 aliphatic heterocycles. The minimum Gasteiger partial charge on any atom is -0.485 e. The molecule has 0 spiro atoms. The second-order valence-corrected chi connectivity index (χ2v) is 3.65. The van der Waals surface area contributed by atoms with Gasteiger partial charge in [-0.25, -0.2) is 0 Å². The number of hydrogen-bond donors (Lipinski definition) is 0. The van der Waals surface area contributed by atoms with Crippen LogP contribution in [-0.2, 0) is 4.79 Å². The lowest BCUT2D eigenvalue weighted by molar-refractivity contribution is -0.116. The summed E-state index contributed by atoms with van der Waals surface area (Å²) in [6.07, 6.45) is 0. The van der Waals surface area contributed by atoms with E-state index in [0.29, 0.717) is 5.57 Å². The highest BCUT2D eigenvalue weighted by Gasteiger charge is 2.22. The van der Waals surface area contributed by atoms with Crippen LogP contribution in [0.2, 0.25) is 0 Å². The van der Waals surface area contributed by atoms with E-state index in [-0.39, 0.29) is 12.4 Å². The fourth-order valence-corrected chi connectivity index (χ4v) is 1.80. The molecule has 0 N–H and O–H groups in total. The smallest absolute Gasteiger partial charge is 0.200 e. The molecule has 0 aromatic heterocycles. The Morgan fingerprint density at radius 1 is 1.36 bits per heavy atom. The number of hydrogen-bond acceptors (Lipinski definition) is 2. The molecule has 0 bridgehead atoms. The fraction of sp³-hybridized carbons (Fsp3) is 0.250. The average Bonchev–Trinajstić information content (AvgIpc) is 2.10. The van der Waals surface area contributed by atoms with Crippen molar-refractivity contribution in [2.45, 2.75) is 13.8 Å². The maximum atomic E-state index is 11.4. The lowest BCUT2D eigenvalue weighted by Crippen LogP contribution is -2.19. The predicted octanol–water partition coefficient (Wildman–Crippen LogP) is 2.28. The Hall–Kier alpha value is -1.57. The molecule has 0 amide bonds. The van der Waals surface area contributed by atoms with Gasteiger partial charge in [-0.2, -0.15) is 0 Å². The Balaban J connectivity index is 2.66. The molecule has 0 saturated heterocycles. The number of ether oxygens (including phenoxy) is 1. The summed E-state index contributed by atoms with van der Waals surface area (Å²) in [6, 6.07) is 3.98. The minimum absolute atomic E-state index is 0.0237. The van der Waals surface area contributed by atoms with E-state index in [0.717, 1.165) is 22.4 Å². The van der Waals surface area contributed by atoms with Crippen LogP contribution < -0.4 is 4.74 Å². The van der Waals surface area contributed by atoms with Crippen molar-refractivity contribution < 1.29 is 9.53 Å². The van der Waals surface area contributed by atoms with Crippen LogP contribution in [0.3, 0.4) is 0 Å². The third-order valence-electron chi connectivity index (χ3n) is 2.44. The molecule has 14 heavy (non-hydrogen) atoms. The Morgan fingerprint density at radius 2 is 2.07 bits per heavy atom. The lowest BCUT2D eigenvalue weighted by atomic mass is 9.94. The number of aryl methyl sites for hydroxylation is 2. The summed E-state index contributed by atoms with van der Waals surface area (Å²) in [5.41, 5.74) is 3.64. The van der Waals surface area contributed by atoms with Crippen LogP contribution in [0.5, 0.6) is 5.75 Å². The molecule has 1 aromatic carbocycles. The van der Waals surface area contributed by atoms with Crippen LogP contribution in [-0.4, -0.2) is 12.4 Å². The highest BCUT2D eigenvalue weighted by atomic mass is 16.5. The van der Waals surface area contributed by atoms with Crippen molar-refractivity contribution in [3.63, 3.8) is 0 Å². The molecule has 0 radical (unpaired) electrons. The Kier molecular flexibility index (Phi) is 1.92. The molecule has 0 unspecified atom stereocenters. The van der Waals surface area contributed by atoms with E-state index in [1.54, 1.807) is 0 Å². The first-order valence-electron chi connectivity index (χ1n) is 4.56. The third-order valence-corrected chi connectivity index (χ3v) is 2.44. The number of fused-ring (bicyclic) bond motifs is 1. The third kappa shape index (κ3) is 1.23. The Labute approximate surface area is 83.2 Å². The predicted molar refractivity (Wildman–Crippen MR) is 55.5 cm³/mol. The van der Waals surface area contributed by atoms with E-state index in [4.69, 9.17) is 4.74 Å². The van der Waals surface area contributed by atoms with Gasteiger partial charge in [0.05, 0.1) is 0 Å². The van der Waals surface area contributed by atoms with E-state index >= 15 is 0 Å². The summed E-state index contributed by atoms with van der Waals surface area (Å²) in [5, 5.41) is 0. The molecular formula is C12H12O2. The fourth-order valence-electron chi connectivity index (χ4n) is 1.80. The Bertz CT molecular complexity index is 430. The van der Waals surface area contributed by atoms with E-state index in [9.17, 15) is 4.79 Å². The van der Waals surface area contributed by atoms with Crippen LogP contribution in [0, 0.1) is 13.8 Å². The van der Waals surface area contributed by atoms with Crippen molar-refractivity contribution in [1.29, 1.82) is 0 Å². The first kappa shape index (κ1) is 9.00. The summed E-state index contributed by atoms with van der Waals surface area (Å²) < 4.78 is 5.36. The van der Waals surface area contributed by atoms with E-state index in [1.807, 2.05) is 26.0 Å². The Morgan fingerprint density at radius 3 is 2.79 bits per heavy atom. The van der Waals surface area contributed by atoms with Crippen molar-refractivity contribution in [3.05, 3.63) is 35.4 Å². The molecule has 1 aliphatic rings. The maximum Gasteiger partial charge on any atom is 0.200 e. The number of ketones is 1. The molecule has 2 nitrogen and oxygen atoms in total. The van der Waals surface area contributed by atoms with Gasteiger partial charge in [0.15, 0.2) is 12.4 Å². The number of benzene rings is 1. The molecular weight excluding hydrogens is 176 g/mol. The zero-order valence-electron chi connectivity index (χ0n) is 8.39. The SMILES string of the molecule is C=C1C(=O)COc2cc(C)cc(C)c21. The van der Waals surface area contributed by atoms with Crippen molar-refractivity contribution in [1.82, 2.24) is 0 Å². The largest absolute Gasteiger partial charge is 0.485 e. The highest BCUT2D eigenvalue weighted by molar-refractivity contribution is 6.22. The van der Waals surface area contributed by atoms with Gasteiger partial charge >= 0.3 is 0 Å². The van der Waals surface area contributed by atoms with Gasteiger partial charge in [0.1, 0.15) is 5.75 Å². The molecule has 0 saturated carbocycles. The van der Waals surface area contributed by atoms with Crippen LogP contribution in [0.4, 0.5) is 0 Å². The van der Waals surface area contributed by atoms with Gasteiger partial charge in [-0.3, -0.25) is 4.79 Å². The molecule has 0 fully saturated rings. The van der Waals surface area contributed by atoms with Gasteiger partial charge < -0.3 is 4.74 Å². The molecule has 1 heterocycles. The average molecular weight is 188 g/mol. The summed E-state index contributed by atoms with van der Waals surface area (Å²) in [4.78, 5) is 11.4. The van der Waals surface area contributed by atoms with Crippen molar-refractivity contribution in [2.24, 2.45) is 0 Å². The normalized spacial score (nSPS) is 15.0. The standard InChI is InChI=1S/C12H12O2/c1-7-4-8(2)12-9(3)10(13)6-14-11(12)5-7/h4-5H,3,6H2,1-2H3. The lowest BCUT2D eigenvalue weighted by Gasteiger charge is -2.20. The second kappa shape index (κ2) is 2.98. The van der Waals surface area contributed by atoms with Gasteiger partial charge in [-0.15, -0.1) is 0 Å². The second-order valence-electron chi connectivity index (χ2n) is 3.65. The van der Waals surface area contributed by atoms with Crippen LogP contribution >= 0.6 is 0 Å². The molecule has 2 heteroatoms. The number of carbonyl (C=O) groups excluding carboxylic acids is 1. The first-order chi connectivity index (χ1) is 6.59. The quantitative estimate of drug-likeness (QED) is 0.584. The molecule has 0 aliphatic carbocycles. The molecule has 2 rings (SSSR count). The van der Waals surface area contributed by atoms with Gasteiger partial charge in [0.2, 0.25) is 0 Å². The summed E-state index contributed by atoms with van der Waals surface area (Å²) in [7, 11) is 0.